The van der Waals surface area contributed by atoms with Gasteiger partial charge in [0, 0.05) is 41.9 Å². The summed E-state index contributed by atoms with van der Waals surface area (Å²) < 4.78 is 16.3. The quantitative estimate of drug-likeness (QED) is 0.153. The lowest BCUT2D eigenvalue weighted by Crippen LogP contribution is -2.67. The number of aryl methyl sites for hydroxylation is 1. The Labute approximate surface area is 276 Å². The monoisotopic (exact) mass is 629 g/mol. The van der Waals surface area contributed by atoms with Crippen LogP contribution in [0.5, 0.6) is 0 Å². The van der Waals surface area contributed by atoms with Gasteiger partial charge in [-0.2, -0.15) is 5.26 Å². The molecule has 0 aliphatic rings. The molecule has 2 aromatic heterocycles. The number of benzene rings is 3. The van der Waals surface area contributed by atoms with Crippen molar-refractivity contribution in [2.75, 3.05) is 7.11 Å². The van der Waals surface area contributed by atoms with Gasteiger partial charge in [-0.3, -0.25) is 4.98 Å². The van der Waals surface area contributed by atoms with Crippen molar-refractivity contribution >= 4 is 29.6 Å². The van der Waals surface area contributed by atoms with Crippen molar-refractivity contribution in [2.45, 2.75) is 79.2 Å². The predicted octanol–water partition coefficient (Wildman–Crippen LogP) is 8.97. The van der Waals surface area contributed by atoms with Crippen molar-refractivity contribution in [3.05, 3.63) is 114 Å². The maximum absolute atomic E-state index is 10.1. The Morgan fingerprint density at radius 1 is 0.870 bits per heavy atom. The summed E-state index contributed by atoms with van der Waals surface area (Å²) in [5, 5.41) is 13.4. The van der Waals surface area contributed by atoms with E-state index < -0.39 is 8.32 Å². The normalized spacial score (nSPS) is 13.8. The average molecular weight is 630 g/mol. The predicted molar refractivity (Wildman–Crippen MR) is 192 cm³/mol. The van der Waals surface area contributed by atoms with Crippen LogP contribution in [-0.4, -0.2) is 25.0 Å². The van der Waals surface area contributed by atoms with Gasteiger partial charge >= 0.3 is 0 Å². The molecule has 1 unspecified atom stereocenters. The zero-order valence-corrected chi connectivity index (χ0v) is 29.8. The third-order valence-corrected chi connectivity index (χ3v) is 14.1. The number of hydrogen-bond acceptors (Lipinski definition) is 4. The summed E-state index contributed by atoms with van der Waals surface area (Å²) in [6.45, 7) is 18.7. The van der Waals surface area contributed by atoms with Crippen molar-refractivity contribution < 1.29 is 9.16 Å². The number of hydrogen-bond donors (Lipinski definition) is 0. The Morgan fingerprint density at radius 2 is 1.48 bits per heavy atom. The molecular weight excluding hydrogens is 583 g/mol. The molecule has 5 aromatic rings. The van der Waals surface area contributed by atoms with E-state index in [0.29, 0.717) is 5.56 Å². The Bertz CT molecular complexity index is 1800. The van der Waals surface area contributed by atoms with E-state index in [-0.39, 0.29) is 22.7 Å². The van der Waals surface area contributed by atoms with Crippen molar-refractivity contribution in [1.29, 1.82) is 5.26 Å². The van der Waals surface area contributed by atoms with E-state index in [4.69, 9.17) is 14.1 Å². The lowest BCUT2D eigenvalue weighted by molar-refractivity contribution is 0.0784. The van der Waals surface area contributed by atoms with Crippen LogP contribution in [0.3, 0.4) is 0 Å². The van der Waals surface area contributed by atoms with E-state index in [1.165, 1.54) is 10.4 Å². The van der Waals surface area contributed by atoms with Crippen LogP contribution in [0.4, 0.5) is 0 Å². The highest BCUT2D eigenvalue weighted by Gasteiger charge is 2.53. The molecule has 5 nitrogen and oxygen atoms in total. The second-order valence-electron chi connectivity index (χ2n) is 14.2. The molecule has 0 saturated carbocycles. The smallest absolute Gasteiger partial charge is 0.261 e. The number of nitriles is 1. The molecule has 0 aliphatic heterocycles. The van der Waals surface area contributed by atoms with Gasteiger partial charge < -0.3 is 13.7 Å². The van der Waals surface area contributed by atoms with Crippen LogP contribution in [0.15, 0.2) is 97.2 Å². The molecule has 0 radical (unpaired) electrons. The summed E-state index contributed by atoms with van der Waals surface area (Å²) >= 11 is 0. The van der Waals surface area contributed by atoms with E-state index in [1.54, 1.807) is 7.11 Å². The van der Waals surface area contributed by atoms with Crippen molar-refractivity contribution in [1.82, 2.24) is 9.55 Å². The van der Waals surface area contributed by atoms with Crippen molar-refractivity contribution in [2.24, 2.45) is 5.41 Å². The van der Waals surface area contributed by atoms with Crippen LogP contribution in [0, 0.1) is 16.7 Å². The van der Waals surface area contributed by atoms with E-state index in [2.05, 4.69) is 132 Å². The number of ether oxygens (including phenoxy) is 1. The van der Waals surface area contributed by atoms with Gasteiger partial charge in [0.25, 0.3) is 8.32 Å². The lowest BCUT2D eigenvalue weighted by Gasteiger charge is -2.48. The maximum atomic E-state index is 10.1. The molecule has 238 valence electrons. The minimum absolute atomic E-state index is 0.215. The van der Waals surface area contributed by atoms with Crippen LogP contribution in [-0.2, 0) is 15.7 Å². The van der Waals surface area contributed by atoms with Gasteiger partial charge in [0.15, 0.2) is 0 Å². The highest BCUT2D eigenvalue weighted by molar-refractivity contribution is 6.99. The highest BCUT2D eigenvalue weighted by Crippen LogP contribution is 2.50. The zero-order chi connectivity index (χ0) is 33.3. The van der Waals surface area contributed by atoms with E-state index in [9.17, 15) is 5.26 Å². The fourth-order valence-electron chi connectivity index (χ4n) is 6.92. The molecule has 3 aromatic carbocycles. The average Bonchev–Trinajstić information content (AvgIpc) is 3.37. The Balaban J connectivity index is 1.95. The van der Waals surface area contributed by atoms with Crippen LogP contribution >= 0.6 is 0 Å². The van der Waals surface area contributed by atoms with E-state index in [0.717, 1.165) is 40.0 Å². The van der Waals surface area contributed by atoms with Gasteiger partial charge in [-0.25, -0.2) is 0 Å². The van der Waals surface area contributed by atoms with Gasteiger partial charge in [0.1, 0.15) is 0 Å². The minimum Gasteiger partial charge on any atom is -0.400 e. The van der Waals surface area contributed by atoms with Crippen molar-refractivity contribution in [3.8, 4) is 17.3 Å². The molecule has 0 N–H and O–H groups in total. The molecule has 2 heterocycles. The second kappa shape index (κ2) is 13.0. The largest absolute Gasteiger partial charge is 0.400 e. The Hall–Kier alpha value is -4.02. The third kappa shape index (κ3) is 5.84. The van der Waals surface area contributed by atoms with E-state index >= 15 is 0 Å². The molecule has 0 bridgehead atoms. The van der Waals surface area contributed by atoms with Crippen molar-refractivity contribution in [3.63, 3.8) is 0 Å². The fraction of sp³-hybridized carbons (Fsp3) is 0.350. The summed E-state index contributed by atoms with van der Waals surface area (Å²) in [5.41, 5.74) is 5.43. The molecule has 0 aliphatic carbocycles. The Morgan fingerprint density at radius 3 is 1.98 bits per heavy atom. The minimum atomic E-state index is -3.00. The SMILES string of the molecule is CCn1c(-c2cccnc2[C@H](C)OC)c(C(O[Si](c2ccccc2)(c2ccccc2)C(C)(C)C)C(C)(C)C)c2cc(C#N)ccc21. The van der Waals surface area contributed by atoms with Gasteiger partial charge in [-0.05, 0) is 65.0 Å². The topological polar surface area (TPSA) is 60.1 Å². The van der Waals surface area contributed by atoms with Crippen LogP contribution in [0.25, 0.3) is 22.2 Å². The zero-order valence-electron chi connectivity index (χ0n) is 28.8. The first-order chi connectivity index (χ1) is 21.9. The number of methoxy groups -OCH3 is 1. The number of fused-ring (bicyclic) bond motifs is 1. The first-order valence-corrected chi connectivity index (χ1v) is 18.1. The summed E-state index contributed by atoms with van der Waals surface area (Å²) in [6, 6.07) is 34.2. The molecule has 46 heavy (non-hydrogen) atoms. The molecule has 0 saturated heterocycles. The number of pyridine rings is 1. The van der Waals surface area contributed by atoms with Crippen LogP contribution in [0.1, 0.15) is 84.4 Å². The summed E-state index contributed by atoms with van der Waals surface area (Å²) in [6.07, 6.45) is 1.28. The molecule has 6 heteroatoms. The van der Waals surface area contributed by atoms with Gasteiger partial charge in [0.05, 0.1) is 35.2 Å². The highest BCUT2D eigenvalue weighted by atomic mass is 28.4. The standard InChI is InChI=1S/C40H47N3O2Si/c1-10-43-34-24-23-29(27-41)26-33(34)35(37(43)32-22-17-25-42-36(32)28(2)44-9)38(39(3,4)5)45-46(40(6,7)8,30-18-13-11-14-19-30)31-20-15-12-16-21-31/h11-26,28,38H,10H2,1-9H3/t28-,38?/m0/s1. The number of nitrogens with zero attached hydrogens (tertiary/aromatic N) is 3. The van der Waals surface area contributed by atoms with Crippen LogP contribution < -0.4 is 10.4 Å². The summed E-state index contributed by atoms with van der Waals surface area (Å²) in [4.78, 5) is 4.85. The van der Waals surface area contributed by atoms with Gasteiger partial charge in [-0.1, -0.05) is 102 Å². The summed E-state index contributed by atoms with van der Waals surface area (Å²) in [7, 11) is -1.27. The molecule has 0 amide bonds. The fourth-order valence-corrected chi connectivity index (χ4v) is 11.8. The number of rotatable bonds is 9. The molecule has 2 atom stereocenters. The molecule has 5 rings (SSSR count). The molecule has 0 spiro atoms. The number of aromatic nitrogens is 2. The van der Waals surface area contributed by atoms with Crippen LogP contribution in [0.2, 0.25) is 5.04 Å². The third-order valence-electron chi connectivity index (χ3n) is 9.14. The lowest BCUT2D eigenvalue weighted by atomic mass is 9.82. The first-order valence-electron chi connectivity index (χ1n) is 16.2. The molecule has 0 fully saturated rings. The summed E-state index contributed by atoms with van der Waals surface area (Å²) in [5.74, 6) is 0. The van der Waals surface area contributed by atoms with E-state index in [1.807, 2.05) is 31.3 Å². The Kier molecular flexibility index (Phi) is 9.42. The second-order valence-corrected chi connectivity index (χ2v) is 18.4. The van der Waals surface area contributed by atoms with Gasteiger partial charge in [-0.15, -0.1) is 0 Å². The first kappa shape index (κ1) is 33.3. The van der Waals surface area contributed by atoms with Gasteiger partial charge in [0.2, 0.25) is 0 Å². The maximum Gasteiger partial charge on any atom is 0.261 e. The molecular formula is C40H47N3O2Si.